The maximum atomic E-state index is 12.5. The number of ether oxygens (including phenoxy) is 2. The second-order valence-electron chi connectivity index (χ2n) is 5.85. The van der Waals surface area contributed by atoms with Gasteiger partial charge < -0.3 is 14.4 Å². The second kappa shape index (κ2) is 8.33. The number of methoxy groups -OCH3 is 1. The fraction of sp³-hybridized carbons (Fsp3) is 0.300. The van der Waals surface area contributed by atoms with Gasteiger partial charge >= 0.3 is 0 Å². The van der Waals surface area contributed by atoms with Crippen LogP contribution < -0.4 is 9.47 Å². The standard InChI is InChI=1S/C20H23NO4/c1-14-9-11-16(12-10-14)20(23)15(2)21(3)19(22)13-25-18-8-6-5-7-17(18)24-4/h5-12,15H,13H2,1-4H3. The molecule has 0 saturated heterocycles. The molecule has 1 unspecified atom stereocenters. The third-order valence-electron chi connectivity index (χ3n) is 4.11. The third-order valence-corrected chi connectivity index (χ3v) is 4.11. The van der Waals surface area contributed by atoms with Crippen LogP contribution in [0.1, 0.15) is 22.8 Å². The Hall–Kier alpha value is -2.82. The van der Waals surface area contributed by atoms with Crippen LogP contribution in [0.15, 0.2) is 48.5 Å². The molecule has 25 heavy (non-hydrogen) atoms. The second-order valence-corrected chi connectivity index (χ2v) is 5.85. The normalized spacial score (nSPS) is 11.5. The number of aryl methyl sites for hydroxylation is 1. The average Bonchev–Trinajstić information content (AvgIpc) is 2.65. The molecule has 0 heterocycles. The highest BCUT2D eigenvalue weighted by atomic mass is 16.5. The van der Waals surface area contributed by atoms with Crippen molar-refractivity contribution in [3.63, 3.8) is 0 Å². The first-order valence-electron chi connectivity index (χ1n) is 8.06. The van der Waals surface area contributed by atoms with Crippen LogP contribution in [-0.4, -0.2) is 43.4 Å². The number of ketones is 1. The number of rotatable bonds is 7. The number of hydrogen-bond acceptors (Lipinski definition) is 4. The summed E-state index contributed by atoms with van der Waals surface area (Å²) < 4.78 is 10.7. The number of hydrogen-bond donors (Lipinski definition) is 0. The first kappa shape index (κ1) is 18.5. The Morgan fingerprint density at radius 2 is 1.64 bits per heavy atom. The minimum atomic E-state index is -0.573. The van der Waals surface area contributed by atoms with Gasteiger partial charge in [-0.3, -0.25) is 9.59 Å². The van der Waals surface area contributed by atoms with E-state index in [2.05, 4.69) is 0 Å². The Morgan fingerprint density at radius 1 is 1.04 bits per heavy atom. The Bertz CT molecular complexity index is 740. The highest BCUT2D eigenvalue weighted by Crippen LogP contribution is 2.25. The number of para-hydroxylation sites is 2. The van der Waals surface area contributed by atoms with Crippen molar-refractivity contribution >= 4 is 11.7 Å². The van der Waals surface area contributed by atoms with Gasteiger partial charge in [0.1, 0.15) is 0 Å². The lowest BCUT2D eigenvalue weighted by Crippen LogP contribution is -2.42. The first-order chi connectivity index (χ1) is 11.9. The predicted octanol–water partition coefficient (Wildman–Crippen LogP) is 3.11. The highest BCUT2D eigenvalue weighted by Gasteiger charge is 2.24. The van der Waals surface area contributed by atoms with Gasteiger partial charge in [-0.1, -0.05) is 42.0 Å². The molecular weight excluding hydrogens is 318 g/mol. The third kappa shape index (κ3) is 4.59. The summed E-state index contributed by atoms with van der Waals surface area (Å²) in [7, 11) is 3.14. The van der Waals surface area contributed by atoms with E-state index in [0.717, 1.165) is 5.56 Å². The summed E-state index contributed by atoms with van der Waals surface area (Å²) in [5.41, 5.74) is 1.67. The van der Waals surface area contributed by atoms with Crippen molar-refractivity contribution in [2.75, 3.05) is 20.8 Å². The number of likely N-dealkylation sites (N-methyl/N-ethyl adjacent to an activating group) is 1. The molecule has 132 valence electrons. The van der Waals surface area contributed by atoms with Crippen LogP contribution in [0.4, 0.5) is 0 Å². The Balaban J connectivity index is 1.98. The molecule has 0 aliphatic heterocycles. The molecule has 5 nitrogen and oxygen atoms in total. The van der Waals surface area contributed by atoms with Crippen molar-refractivity contribution in [2.24, 2.45) is 0 Å². The lowest BCUT2D eigenvalue weighted by atomic mass is 10.0. The number of carbonyl (C=O) groups is 2. The van der Waals surface area contributed by atoms with Crippen LogP contribution >= 0.6 is 0 Å². The summed E-state index contributed by atoms with van der Waals surface area (Å²) in [6.45, 7) is 3.51. The summed E-state index contributed by atoms with van der Waals surface area (Å²) in [4.78, 5) is 26.3. The zero-order valence-corrected chi connectivity index (χ0v) is 15.0. The number of carbonyl (C=O) groups excluding carboxylic acids is 2. The molecule has 2 aromatic rings. The van der Waals surface area contributed by atoms with E-state index < -0.39 is 6.04 Å². The van der Waals surface area contributed by atoms with E-state index in [1.165, 1.54) is 4.90 Å². The van der Waals surface area contributed by atoms with E-state index in [1.807, 2.05) is 25.1 Å². The van der Waals surface area contributed by atoms with E-state index in [0.29, 0.717) is 17.1 Å². The maximum absolute atomic E-state index is 12.5. The highest BCUT2D eigenvalue weighted by molar-refractivity contribution is 6.01. The van der Waals surface area contributed by atoms with E-state index in [1.54, 1.807) is 51.4 Å². The Labute approximate surface area is 148 Å². The smallest absolute Gasteiger partial charge is 0.260 e. The molecule has 0 saturated carbocycles. The van der Waals surface area contributed by atoms with Crippen LogP contribution in [0.2, 0.25) is 0 Å². The molecule has 2 rings (SSSR count). The lowest BCUT2D eigenvalue weighted by Gasteiger charge is -2.24. The van der Waals surface area contributed by atoms with Gasteiger partial charge in [0.2, 0.25) is 0 Å². The minimum absolute atomic E-state index is 0.104. The Kier molecular flexibility index (Phi) is 6.17. The molecule has 0 fully saturated rings. The van der Waals surface area contributed by atoms with Gasteiger partial charge in [0.15, 0.2) is 23.9 Å². The lowest BCUT2D eigenvalue weighted by molar-refractivity contribution is -0.133. The van der Waals surface area contributed by atoms with Crippen LogP contribution in [0, 0.1) is 6.92 Å². The average molecular weight is 341 g/mol. The van der Waals surface area contributed by atoms with E-state index in [-0.39, 0.29) is 18.3 Å². The minimum Gasteiger partial charge on any atom is -0.493 e. The molecular formula is C20H23NO4. The maximum Gasteiger partial charge on any atom is 0.260 e. The zero-order valence-electron chi connectivity index (χ0n) is 15.0. The summed E-state index contributed by atoms with van der Waals surface area (Å²) in [5, 5.41) is 0. The molecule has 0 spiro atoms. The van der Waals surface area contributed by atoms with E-state index in [9.17, 15) is 9.59 Å². The van der Waals surface area contributed by atoms with Gasteiger partial charge in [0.05, 0.1) is 13.2 Å². The largest absolute Gasteiger partial charge is 0.493 e. The number of Topliss-reactive ketones (excluding diaryl/α,β-unsaturated/α-hetero) is 1. The molecule has 0 bridgehead atoms. The fourth-order valence-electron chi connectivity index (χ4n) is 2.33. The zero-order chi connectivity index (χ0) is 18.4. The molecule has 0 aromatic heterocycles. The molecule has 0 aliphatic carbocycles. The molecule has 2 aromatic carbocycles. The van der Waals surface area contributed by atoms with Crippen molar-refractivity contribution < 1.29 is 19.1 Å². The predicted molar refractivity (Wildman–Crippen MR) is 96.2 cm³/mol. The number of benzene rings is 2. The molecule has 0 N–H and O–H groups in total. The molecule has 0 radical (unpaired) electrons. The van der Waals surface area contributed by atoms with E-state index in [4.69, 9.17) is 9.47 Å². The van der Waals surface area contributed by atoms with Crippen LogP contribution in [0.25, 0.3) is 0 Å². The fourth-order valence-corrected chi connectivity index (χ4v) is 2.33. The van der Waals surface area contributed by atoms with Gasteiger partial charge in [-0.15, -0.1) is 0 Å². The summed E-state index contributed by atoms with van der Waals surface area (Å²) >= 11 is 0. The molecule has 5 heteroatoms. The van der Waals surface area contributed by atoms with Crippen molar-refractivity contribution in [3.05, 3.63) is 59.7 Å². The molecule has 1 atom stereocenters. The molecule has 0 aliphatic rings. The summed E-state index contributed by atoms with van der Waals surface area (Å²) in [6.07, 6.45) is 0. The number of nitrogens with zero attached hydrogens (tertiary/aromatic N) is 1. The van der Waals surface area contributed by atoms with Gasteiger partial charge in [-0.05, 0) is 26.0 Å². The van der Waals surface area contributed by atoms with Gasteiger partial charge in [-0.2, -0.15) is 0 Å². The van der Waals surface area contributed by atoms with Crippen molar-refractivity contribution in [1.29, 1.82) is 0 Å². The SMILES string of the molecule is COc1ccccc1OCC(=O)N(C)C(C)C(=O)c1ccc(C)cc1. The van der Waals surface area contributed by atoms with Crippen molar-refractivity contribution in [1.82, 2.24) is 4.90 Å². The topological polar surface area (TPSA) is 55.8 Å². The quantitative estimate of drug-likeness (QED) is 0.726. The monoisotopic (exact) mass is 341 g/mol. The first-order valence-corrected chi connectivity index (χ1v) is 8.06. The molecule has 1 amide bonds. The van der Waals surface area contributed by atoms with Crippen LogP contribution in [0.3, 0.4) is 0 Å². The number of amides is 1. The summed E-state index contributed by atoms with van der Waals surface area (Å²) in [6, 6.07) is 13.9. The van der Waals surface area contributed by atoms with E-state index >= 15 is 0 Å². The van der Waals surface area contributed by atoms with Gasteiger partial charge in [0, 0.05) is 12.6 Å². The van der Waals surface area contributed by atoms with Gasteiger partial charge in [-0.25, -0.2) is 0 Å². The van der Waals surface area contributed by atoms with Gasteiger partial charge in [0.25, 0.3) is 5.91 Å². The Morgan fingerprint density at radius 3 is 2.24 bits per heavy atom. The summed E-state index contributed by atoms with van der Waals surface area (Å²) in [5.74, 6) is 0.665. The van der Waals surface area contributed by atoms with Crippen LogP contribution in [0.5, 0.6) is 11.5 Å². The van der Waals surface area contributed by atoms with Crippen molar-refractivity contribution in [2.45, 2.75) is 19.9 Å². The van der Waals surface area contributed by atoms with Crippen molar-refractivity contribution in [3.8, 4) is 11.5 Å². The van der Waals surface area contributed by atoms with Crippen LogP contribution in [-0.2, 0) is 4.79 Å².